The van der Waals surface area contributed by atoms with E-state index in [1.54, 1.807) is 0 Å². The van der Waals surface area contributed by atoms with Gasteiger partial charge in [-0.25, -0.2) is 0 Å². The maximum Gasteiger partial charge on any atom is 0.0409 e. The average Bonchev–Trinajstić information content (AvgIpc) is 2.74. The van der Waals surface area contributed by atoms with Gasteiger partial charge in [0.25, 0.3) is 0 Å². The third-order valence-electron chi connectivity index (χ3n) is 3.31. The van der Waals surface area contributed by atoms with Crippen LogP contribution in [0, 0.1) is 5.92 Å². The van der Waals surface area contributed by atoms with E-state index >= 15 is 0 Å². The van der Waals surface area contributed by atoms with Crippen molar-refractivity contribution in [3.63, 3.8) is 0 Å². The zero-order valence-corrected chi connectivity index (χ0v) is 13.8. The molecular weight excluding hydrogens is 396 g/mol. The van der Waals surface area contributed by atoms with Crippen LogP contribution in [0.5, 0.6) is 0 Å². The summed E-state index contributed by atoms with van der Waals surface area (Å²) >= 11 is 11.0. The van der Waals surface area contributed by atoms with Gasteiger partial charge in [-0.15, -0.1) is 0 Å². The lowest BCUT2D eigenvalue weighted by Gasteiger charge is -2.16. The zero-order chi connectivity index (χ0) is 11.5. The lowest BCUT2D eigenvalue weighted by Crippen LogP contribution is -2.00. The number of rotatable bonds is 3. The van der Waals surface area contributed by atoms with Gasteiger partial charge in [0, 0.05) is 13.8 Å². The van der Waals surface area contributed by atoms with Crippen molar-refractivity contribution in [3.8, 4) is 0 Å². The average molecular weight is 411 g/mol. The summed E-state index contributed by atoms with van der Waals surface area (Å²) < 4.78 is 2.36. The first-order valence-corrected chi connectivity index (χ1v) is 8.26. The van der Waals surface area contributed by atoms with Crippen molar-refractivity contribution >= 4 is 47.8 Å². The molecule has 0 aromatic heterocycles. The summed E-state index contributed by atoms with van der Waals surface area (Å²) in [7, 11) is 0. The highest BCUT2D eigenvalue weighted by Gasteiger charge is 2.20. The molecular formula is C13H15Br3. The number of halogens is 3. The third-order valence-corrected chi connectivity index (χ3v) is 5.39. The minimum atomic E-state index is 0.475. The van der Waals surface area contributed by atoms with Crippen molar-refractivity contribution < 1.29 is 0 Å². The van der Waals surface area contributed by atoms with Gasteiger partial charge < -0.3 is 0 Å². The monoisotopic (exact) mass is 408 g/mol. The van der Waals surface area contributed by atoms with E-state index < -0.39 is 0 Å². The van der Waals surface area contributed by atoms with E-state index in [0.717, 1.165) is 10.4 Å². The molecule has 1 aromatic carbocycles. The molecule has 0 saturated heterocycles. The summed E-state index contributed by atoms with van der Waals surface area (Å²) in [5.41, 5.74) is 1.36. The Hall–Kier alpha value is 0.660. The van der Waals surface area contributed by atoms with Crippen LogP contribution in [0.4, 0.5) is 0 Å². The van der Waals surface area contributed by atoms with Crippen molar-refractivity contribution in [2.75, 3.05) is 0 Å². The lowest BCUT2D eigenvalue weighted by molar-refractivity contribution is 0.501. The van der Waals surface area contributed by atoms with Gasteiger partial charge in [-0.2, -0.15) is 0 Å². The molecule has 88 valence electrons. The van der Waals surface area contributed by atoms with Crippen LogP contribution in [0.25, 0.3) is 0 Å². The van der Waals surface area contributed by atoms with Gasteiger partial charge in [0.2, 0.25) is 0 Å². The normalized spacial score (nSPS) is 18.9. The Morgan fingerprint density at radius 3 is 2.56 bits per heavy atom. The van der Waals surface area contributed by atoms with E-state index in [1.807, 2.05) is 0 Å². The number of alkyl halides is 1. The van der Waals surface area contributed by atoms with E-state index in [1.165, 1.54) is 42.1 Å². The van der Waals surface area contributed by atoms with E-state index in [2.05, 4.69) is 66.0 Å². The third kappa shape index (κ3) is 3.33. The SMILES string of the molecule is Brc1ccc(Br)c(C(Br)CC2CCCC2)c1. The largest absolute Gasteiger partial charge is 0.0838 e. The van der Waals surface area contributed by atoms with Crippen LogP contribution in [0.3, 0.4) is 0 Å². The molecule has 3 heteroatoms. The molecule has 1 aliphatic carbocycles. The highest BCUT2D eigenvalue weighted by molar-refractivity contribution is 9.11. The molecule has 0 spiro atoms. The molecule has 0 heterocycles. The maximum absolute atomic E-state index is 3.83. The first kappa shape index (κ1) is 13.1. The molecule has 1 unspecified atom stereocenters. The van der Waals surface area contributed by atoms with Crippen LogP contribution in [-0.4, -0.2) is 0 Å². The molecule has 1 atom stereocenters. The Labute approximate surface area is 123 Å². The van der Waals surface area contributed by atoms with E-state index in [4.69, 9.17) is 0 Å². The molecule has 1 fully saturated rings. The quantitative estimate of drug-likeness (QED) is 0.518. The minimum absolute atomic E-state index is 0.475. The van der Waals surface area contributed by atoms with Gasteiger partial charge >= 0.3 is 0 Å². The van der Waals surface area contributed by atoms with Crippen LogP contribution in [-0.2, 0) is 0 Å². The zero-order valence-electron chi connectivity index (χ0n) is 9.06. The predicted octanol–water partition coefficient (Wildman–Crippen LogP) is 6.23. The fraction of sp³-hybridized carbons (Fsp3) is 0.538. The van der Waals surface area contributed by atoms with Crippen molar-refractivity contribution in [1.29, 1.82) is 0 Å². The summed E-state index contributed by atoms with van der Waals surface area (Å²) in [6.07, 6.45) is 6.92. The Balaban J connectivity index is 2.07. The molecule has 0 amide bonds. The van der Waals surface area contributed by atoms with Crippen molar-refractivity contribution in [1.82, 2.24) is 0 Å². The van der Waals surface area contributed by atoms with E-state index in [-0.39, 0.29) is 0 Å². The summed E-state index contributed by atoms with van der Waals surface area (Å²) in [6, 6.07) is 6.39. The molecule has 1 saturated carbocycles. The van der Waals surface area contributed by atoms with Gasteiger partial charge in [0.1, 0.15) is 0 Å². The molecule has 0 N–H and O–H groups in total. The van der Waals surface area contributed by atoms with Crippen LogP contribution in [0.2, 0.25) is 0 Å². The molecule has 1 aliphatic rings. The second-order valence-corrected chi connectivity index (χ2v) is 7.39. The number of benzene rings is 1. The fourth-order valence-corrected chi connectivity index (χ4v) is 4.54. The second-order valence-electron chi connectivity index (χ2n) is 4.52. The molecule has 2 rings (SSSR count). The molecule has 16 heavy (non-hydrogen) atoms. The summed E-state index contributed by atoms with van der Waals surface area (Å²) in [6.45, 7) is 0. The van der Waals surface area contributed by atoms with Gasteiger partial charge in [-0.05, 0) is 36.1 Å². The summed E-state index contributed by atoms with van der Waals surface area (Å²) in [5, 5.41) is 0. The van der Waals surface area contributed by atoms with Crippen molar-refractivity contribution in [2.45, 2.75) is 36.9 Å². The first-order valence-electron chi connectivity index (χ1n) is 5.76. The molecule has 0 aliphatic heterocycles. The Morgan fingerprint density at radius 1 is 1.19 bits per heavy atom. The molecule has 0 radical (unpaired) electrons. The highest BCUT2D eigenvalue weighted by Crippen LogP contribution is 2.40. The lowest BCUT2D eigenvalue weighted by atomic mass is 9.98. The van der Waals surface area contributed by atoms with Gasteiger partial charge in [-0.3, -0.25) is 0 Å². The first-order chi connectivity index (χ1) is 7.66. The Kier molecular flexibility index (Phi) is 4.92. The summed E-state index contributed by atoms with van der Waals surface area (Å²) in [5.74, 6) is 0.912. The van der Waals surface area contributed by atoms with Crippen molar-refractivity contribution in [2.24, 2.45) is 5.92 Å². The number of hydrogen-bond donors (Lipinski definition) is 0. The smallest absolute Gasteiger partial charge is 0.0409 e. The maximum atomic E-state index is 3.83. The summed E-state index contributed by atoms with van der Waals surface area (Å²) in [4.78, 5) is 0.475. The minimum Gasteiger partial charge on any atom is -0.0838 e. The van der Waals surface area contributed by atoms with Crippen LogP contribution in [0.15, 0.2) is 27.1 Å². The predicted molar refractivity (Wildman–Crippen MR) is 80.1 cm³/mol. The second kappa shape index (κ2) is 6.01. The highest BCUT2D eigenvalue weighted by atomic mass is 79.9. The van der Waals surface area contributed by atoms with E-state index in [0.29, 0.717) is 4.83 Å². The van der Waals surface area contributed by atoms with Gasteiger partial charge in [0.15, 0.2) is 0 Å². The molecule has 1 aromatic rings. The van der Waals surface area contributed by atoms with Crippen LogP contribution >= 0.6 is 47.8 Å². The van der Waals surface area contributed by atoms with Crippen LogP contribution in [0.1, 0.15) is 42.5 Å². The number of hydrogen-bond acceptors (Lipinski definition) is 0. The topological polar surface area (TPSA) is 0 Å². The van der Waals surface area contributed by atoms with Gasteiger partial charge in [0.05, 0.1) is 0 Å². The fourth-order valence-electron chi connectivity index (χ4n) is 2.42. The molecule has 0 nitrogen and oxygen atoms in total. The Bertz CT molecular complexity index is 356. The van der Waals surface area contributed by atoms with Crippen molar-refractivity contribution in [3.05, 3.63) is 32.7 Å². The van der Waals surface area contributed by atoms with E-state index in [9.17, 15) is 0 Å². The van der Waals surface area contributed by atoms with Crippen LogP contribution < -0.4 is 0 Å². The molecule has 0 bridgehead atoms. The standard InChI is InChI=1S/C13H15Br3/c14-10-5-6-12(15)11(8-10)13(16)7-9-3-1-2-4-9/h5-6,8-9,13H,1-4,7H2. The Morgan fingerprint density at radius 2 is 1.88 bits per heavy atom. The van der Waals surface area contributed by atoms with Gasteiger partial charge in [-0.1, -0.05) is 73.5 Å².